The molecule has 0 radical (unpaired) electrons. The molecule has 172 valence electrons. The molecule has 5 rings (SSSR count). The van der Waals surface area contributed by atoms with Crippen LogP contribution in [0.25, 0.3) is 10.8 Å². The van der Waals surface area contributed by atoms with E-state index in [-0.39, 0.29) is 24.1 Å². The average molecular weight is 456 g/mol. The lowest BCUT2D eigenvalue weighted by atomic mass is 9.94. The molecule has 1 N–H and O–H groups in total. The fourth-order valence-electron chi connectivity index (χ4n) is 4.74. The lowest BCUT2D eigenvalue weighted by molar-refractivity contribution is -0.125. The van der Waals surface area contributed by atoms with E-state index in [9.17, 15) is 19.2 Å². The molecule has 0 unspecified atom stereocenters. The van der Waals surface area contributed by atoms with Crippen LogP contribution >= 0.6 is 0 Å². The molecule has 34 heavy (non-hydrogen) atoms. The van der Waals surface area contributed by atoms with Gasteiger partial charge in [-0.3, -0.25) is 14.4 Å². The van der Waals surface area contributed by atoms with Crippen LogP contribution in [0.15, 0.2) is 60.7 Å². The third-order valence-corrected chi connectivity index (χ3v) is 6.44. The van der Waals surface area contributed by atoms with Crippen molar-refractivity contribution in [2.75, 3.05) is 11.5 Å². The van der Waals surface area contributed by atoms with Gasteiger partial charge in [0.2, 0.25) is 0 Å². The van der Waals surface area contributed by atoms with Crippen LogP contribution in [-0.2, 0) is 9.53 Å². The summed E-state index contributed by atoms with van der Waals surface area (Å²) in [5.41, 5.74) is 1.50. The maximum Gasteiger partial charge on any atom is 0.338 e. The Balaban J connectivity index is 1.27. The molecule has 3 aromatic carbocycles. The fourth-order valence-corrected chi connectivity index (χ4v) is 4.74. The van der Waals surface area contributed by atoms with Gasteiger partial charge in [-0.1, -0.05) is 43.5 Å². The number of nitrogens with zero attached hydrogens (tertiary/aromatic N) is 1. The molecule has 0 saturated heterocycles. The van der Waals surface area contributed by atoms with Gasteiger partial charge in [-0.05, 0) is 54.6 Å². The molecule has 0 bridgehead atoms. The van der Waals surface area contributed by atoms with E-state index >= 15 is 0 Å². The molecule has 1 aliphatic heterocycles. The van der Waals surface area contributed by atoms with Gasteiger partial charge < -0.3 is 10.1 Å². The third-order valence-electron chi connectivity index (χ3n) is 6.44. The van der Waals surface area contributed by atoms with Crippen molar-refractivity contribution in [3.8, 4) is 0 Å². The molecule has 0 aromatic heterocycles. The number of hydrogen-bond acceptors (Lipinski definition) is 5. The summed E-state index contributed by atoms with van der Waals surface area (Å²) in [6, 6.07) is 16.9. The minimum absolute atomic E-state index is 0.148. The highest BCUT2D eigenvalue weighted by atomic mass is 16.5. The summed E-state index contributed by atoms with van der Waals surface area (Å²) >= 11 is 0. The van der Waals surface area contributed by atoms with Gasteiger partial charge in [0, 0.05) is 22.6 Å². The molecule has 7 heteroatoms. The number of ether oxygens (including phenoxy) is 1. The predicted octanol–water partition coefficient (Wildman–Crippen LogP) is 4.25. The Kier molecular flexibility index (Phi) is 5.84. The third kappa shape index (κ3) is 4.05. The van der Waals surface area contributed by atoms with E-state index in [1.807, 2.05) is 12.1 Å². The summed E-state index contributed by atoms with van der Waals surface area (Å²) in [6.07, 6.45) is 5.29. The molecule has 1 heterocycles. The van der Waals surface area contributed by atoms with Crippen molar-refractivity contribution in [3.05, 3.63) is 77.4 Å². The van der Waals surface area contributed by atoms with Crippen LogP contribution in [0.3, 0.4) is 0 Å². The van der Waals surface area contributed by atoms with Crippen molar-refractivity contribution >= 4 is 40.2 Å². The number of nitrogens with one attached hydrogen (secondary N) is 1. The minimum atomic E-state index is -0.642. The van der Waals surface area contributed by atoms with Crippen LogP contribution < -0.4 is 10.2 Å². The summed E-state index contributed by atoms with van der Waals surface area (Å²) in [6.45, 7) is -0.346. The Hall–Kier alpha value is -4.00. The van der Waals surface area contributed by atoms with E-state index in [4.69, 9.17) is 4.74 Å². The number of carbonyl (C=O) groups is 4. The molecule has 3 aromatic rings. The first kappa shape index (κ1) is 21.8. The maximum atomic E-state index is 13.1. The Morgan fingerprint density at radius 1 is 0.853 bits per heavy atom. The number of esters is 1. The van der Waals surface area contributed by atoms with E-state index in [2.05, 4.69) is 5.32 Å². The molecule has 7 nitrogen and oxygen atoms in total. The topological polar surface area (TPSA) is 92.8 Å². The van der Waals surface area contributed by atoms with Gasteiger partial charge in [-0.25, -0.2) is 9.69 Å². The second-order valence-corrected chi connectivity index (χ2v) is 8.68. The van der Waals surface area contributed by atoms with Crippen molar-refractivity contribution in [1.29, 1.82) is 0 Å². The normalized spacial score (nSPS) is 15.9. The molecule has 1 saturated carbocycles. The largest absolute Gasteiger partial charge is 0.452 e. The quantitative estimate of drug-likeness (QED) is 0.458. The first-order valence-corrected chi connectivity index (χ1v) is 11.5. The number of imide groups is 1. The van der Waals surface area contributed by atoms with Crippen molar-refractivity contribution in [3.63, 3.8) is 0 Å². The Labute approximate surface area is 196 Å². The summed E-state index contributed by atoms with van der Waals surface area (Å²) in [7, 11) is 0. The van der Waals surface area contributed by atoms with Crippen LogP contribution in [-0.4, -0.2) is 36.3 Å². The van der Waals surface area contributed by atoms with Gasteiger partial charge in [-0.2, -0.15) is 0 Å². The maximum absolute atomic E-state index is 13.1. The van der Waals surface area contributed by atoms with Crippen molar-refractivity contribution in [2.24, 2.45) is 0 Å². The van der Waals surface area contributed by atoms with Crippen molar-refractivity contribution in [1.82, 2.24) is 5.32 Å². The molecule has 3 amide bonds. The Morgan fingerprint density at radius 2 is 1.47 bits per heavy atom. The molecule has 1 aliphatic carbocycles. The van der Waals surface area contributed by atoms with Crippen LogP contribution in [0.4, 0.5) is 5.69 Å². The minimum Gasteiger partial charge on any atom is -0.452 e. The summed E-state index contributed by atoms with van der Waals surface area (Å²) in [4.78, 5) is 51.9. The van der Waals surface area contributed by atoms with E-state index in [1.54, 1.807) is 24.3 Å². The van der Waals surface area contributed by atoms with Crippen LogP contribution in [0.5, 0.6) is 0 Å². The molecule has 0 atom stereocenters. The van der Waals surface area contributed by atoms with Crippen LogP contribution in [0.1, 0.15) is 63.2 Å². The van der Waals surface area contributed by atoms with Crippen LogP contribution in [0.2, 0.25) is 0 Å². The van der Waals surface area contributed by atoms with Gasteiger partial charge in [0.05, 0.1) is 11.3 Å². The van der Waals surface area contributed by atoms with Crippen LogP contribution in [0, 0.1) is 0 Å². The second-order valence-electron chi connectivity index (χ2n) is 8.68. The first-order valence-electron chi connectivity index (χ1n) is 11.5. The molecule has 0 spiro atoms. The monoisotopic (exact) mass is 456 g/mol. The van der Waals surface area contributed by atoms with Gasteiger partial charge >= 0.3 is 5.97 Å². The van der Waals surface area contributed by atoms with Gasteiger partial charge in [0.1, 0.15) is 0 Å². The average Bonchev–Trinajstić information content (AvgIpc) is 2.87. The highest BCUT2D eigenvalue weighted by molar-refractivity contribution is 6.35. The standard InChI is InChI=1S/C27H24N2O5/c30-23(28-19-8-2-1-3-9-19)16-34-27(33)18-12-14-20(15-13-18)29-25(31)21-10-4-6-17-7-5-11-22(24(17)21)26(29)32/h4-7,10-15,19H,1-3,8-9,16H2,(H,28,30). The number of anilines is 1. The fraction of sp³-hybridized carbons (Fsp3) is 0.259. The highest BCUT2D eigenvalue weighted by Crippen LogP contribution is 2.32. The Bertz CT molecular complexity index is 1240. The number of benzene rings is 3. The number of hydrogen-bond donors (Lipinski definition) is 1. The first-order chi connectivity index (χ1) is 16.5. The SMILES string of the molecule is O=C(COC(=O)c1ccc(N2C(=O)c3cccc4cccc(c34)C2=O)cc1)NC1CCCCC1. The van der Waals surface area contributed by atoms with E-state index in [1.165, 1.54) is 30.7 Å². The van der Waals surface area contributed by atoms with Crippen molar-refractivity contribution < 1.29 is 23.9 Å². The van der Waals surface area contributed by atoms with E-state index < -0.39 is 17.8 Å². The number of carbonyl (C=O) groups excluding carboxylic acids is 4. The Morgan fingerprint density at radius 3 is 2.09 bits per heavy atom. The smallest absolute Gasteiger partial charge is 0.338 e. The number of amides is 3. The summed E-state index contributed by atoms with van der Waals surface area (Å²) in [5, 5.41) is 4.40. The zero-order valence-electron chi connectivity index (χ0n) is 18.6. The molecule has 2 aliphatic rings. The zero-order valence-corrected chi connectivity index (χ0v) is 18.6. The lowest BCUT2D eigenvalue weighted by Gasteiger charge is -2.27. The van der Waals surface area contributed by atoms with Gasteiger partial charge in [0.15, 0.2) is 6.61 Å². The predicted molar refractivity (Wildman–Crippen MR) is 127 cm³/mol. The van der Waals surface area contributed by atoms with E-state index in [0.29, 0.717) is 22.2 Å². The summed E-state index contributed by atoms with van der Waals surface area (Å²) in [5.74, 6) is -1.78. The molecular weight excluding hydrogens is 432 g/mol. The molecular formula is C27H24N2O5. The summed E-state index contributed by atoms with van der Waals surface area (Å²) < 4.78 is 5.15. The zero-order chi connectivity index (χ0) is 23.7. The second kappa shape index (κ2) is 9.09. The lowest BCUT2D eigenvalue weighted by Crippen LogP contribution is -2.40. The molecule has 1 fully saturated rings. The van der Waals surface area contributed by atoms with Crippen molar-refractivity contribution in [2.45, 2.75) is 38.1 Å². The van der Waals surface area contributed by atoms with Gasteiger partial charge in [0.25, 0.3) is 17.7 Å². The number of rotatable bonds is 5. The highest BCUT2D eigenvalue weighted by Gasteiger charge is 2.33. The van der Waals surface area contributed by atoms with E-state index in [0.717, 1.165) is 36.0 Å². The van der Waals surface area contributed by atoms with Gasteiger partial charge in [-0.15, -0.1) is 0 Å².